The normalized spacial score (nSPS) is 12.4. The van der Waals surface area contributed by atoms with Crippen LogP contribution in [0.2, 0.25) is 0 Å². The molecule has 0 saturated heterocycles. The van der Waals surface area contributed by atoms with Crippen LogP contribution in [0.15, 0.2) is 49.1 Å². The first-order chi connectivity index (χ1) is 14.0. The smallest absolute Gasteiger partial charge is 0.417 e. The maximum absolute atomic E-state index is 13.0. The first kappa shape index (κ1) is 22.6. The molecule has 0 bridgehead atoms. The maximum atomic E-state index is 13.0. The summed E-state index contributed by atoms with van der Waals surface area (Å²) >= 11 is 0. The fraction of sp³-hybridized carbons (Fsp3) is 0.200. The second kappa shape index (κ2) is 8.78. The van der Waals surface area contributed by atoms with Crippen LogP contribution in [-0.4, -0.2) is 12.7 Å². The molecule has 0 spiro atoms. The van der Waals surface area contributed by atoms with Crippen molar-refractivity contribution in [3.8, 4) is 23.6 Å². The Hall–Kier alpha value is -3.66. The maximum Gasteiger partial charge on any atom is 0.417 e. The lowest BCUT2D eigenvalue weighted by Crippen LogP contribution is -2.23. The van der Waals surface area contributed by atoms with Crippen LogP contribution >= 0.6 is 0 Å². The minimum Gasteiger partial charge on any atom is -0.489 e. The van der Waals surface area contributed by atoms with Crippen molar-refractivity contribution < 1.29 is 35.8 Å². The summed E-state index contributed by atoms with van der Waals surface area (Å²) in [4.78, 5) is 0. The molecule has 2 aromatic rings. The Morgan fingerprint density at radius 2 is 1.33 bits per heavy atom. The Morgan fingerprint density at radius 3 is 1.77 bits per heavy atom. The second-order valence-corrected chi connectivity index (χ2v) is 5.84. The average Bonchev–Trinajstić information content (AvgIpc) is 2.69. The number of nitrogens with zero attached hydrogens (tertiary/aromatic N) is 2. The van der Waals surface area contributed by atoms with Crippen molar-refractivity contribution >= 4 is 0 Å². The lowest BCUT2D eigenvalue weighted by molar-refractivity contribution is -0.138. The van der Waals surface area contributed by atoms with Gasteiger partial charge < -0.3 is 9.47 Å². The van der Waals surface area contributed by atoms with Crippen LogP contribution in [0.4, 0.5) is 26.3 Å². The van der Waals surface area contributed by atoms with Crippen LogP contribution in [0.3, 0.4) is 0 Å². The Morgan fingerprint density at radius 1 is 0.867 bits per heavy atom. The van der Waals surface area contributed by atoms with Gasteiger partial charge in [0.2, 0.25) is 0 Å². The summed E-state index contributed by atoms with van der Waals surface area (Å²) in [5.41, 5.74) is -3.53. The zero-order valence-electron chi connectivity index (χ0n) is 15.0. The van der Waals surface area contributed by atoms with Gasteiger partial charge in [-0.1, -0.05) is 6.58 Å². The zero-order chi connectivity index (χ0) is 22.5. The third-order valence-electron chi connectivity index (χ3n) is 3.80. The first-order valence-electron chi connectivity index (χ1n) is 8.14. The third-order valence-corrected chi connectivity index (χ3v) is 3.80. The number of nitriles is 2. The Labute approximate surface area is 167 Å². The van der Waals surface area contributed by atoms with E-state index in [0.717, 1.165) is 24.3 Å². The van der Waals surface area contributed by atoms with Gasteiger partial charge in [0, 0.05) is 0 Å². The van der Waals surface area contributed by atoms with E-state index in [4.69, 9.17) is 20.0 Å². The van der Waals surface area contributed by atoms with Gasteiger partial charge in [0.15, 0.2) is 6.10 Å². The van der Waals surface area contributed by atoms with Crippen LogP contribution in [0, 0.1) is 22.7 Å². The summed E-state index contributed by atoms with van der Waals surface area (Å²) < 4.78 is 88.7. The molecule has 1 unspecified atom stereocenters. The van der Waals surface area contributed by atoms with Gasteiger partial charge in [-0.2, -0.15) is 36.9 Å². The van der Waals surface area contributed by atoms with Crippen LogP contribution in [0.25, 0.3) is 0 Å². The number of benzene rings is 2. The summed E-state index contributed by atoms with van der Waals surface area (Å²) in [7, 11) is 0. The van der Waals surface area contributed by atoms with Crippen molar-refractivity contribution in [1.29, 1.82) is 10.5 Å². The molecule has 2 rings (SSSR count). The molecule has 0 heterocycles. The van der Waals surface area contributed by atoms with Crippen LogP contribution in [0.1, 0.15) is 22.3 Å². The highest BCUT2D eigenvalue weighted by molar-refractivity contribution is 5.45. The summed E-state index contributed by atoms with van der Waals surface area (Å²) in [6, 6.07) is 8.33. The predicted molar refractivity (Wildman–Crippen MR) is 92.4 cm³/mol. The summed E-state index contributed by atoms with van der Waals surface area (Å²) in [6.45, 7) is 3.09. The standard InChI is InChI=1S/C20H12F6N2O2/c1-2-14(30-16-6-4-13(10-28)18(8-16)20(24,25)26)11-29-15-5-3-12(9-27)17(7-15)19(21,22)23/h2-8,14H,1,11H2. The number of halogens is 6. The molecular weight excluding hydrogens is 414 g/mol. The molecule has 0 amide bonds. The minimum absolute atomic E-state index is 0.215. The molecule has 0 fully saturated rings. The second-order valence-electron chi connectivity index (χ2n) is 5.84. The van der Waals surface area contributed by atoms with Gasteiger partial charge in [0.1, 0.15) is 18.1 Å². The Kier molecular flexibility index (Phi) is 6.63. The van der Waals surface area contributed by atoms with E-state index in [0.29, 0.717) is 12.1 Å². The van der Waals surface area contributed by atoms with Crippen molar-refractivity contribution in [2.75, 3.05) is 6.61 Å². The summed E-state index contributed by atoms with van der Waals surface area (Å²) in [5, 5.41) is 17.6. The Bertz CT molecular complexity index is 1020. The number of rotatable bonds is 6. The molecule has 0 radical (unpaired) electrons. The molecule has 0 saturated carbocycles. The van der Waals surface area contributed by atoms with E-state index < -0.39 is 40.7 Å². The molecule has 0 aromatic heterocycles. The number of hydrogen-bond donors (Lipinski definition) is 0. The first-order valence-corrected chi connectivity index (χ1v) is 8.14. The highest BCUT2D eigenvalue weighted by Gasteiger charge is 2.35. The minimum atomic E-state index is -4.78. The lowest BCUT2D eigenvalue weighted by atomic mass is 10.1. The number of hydrogen-bond acceptors (Lipinski definition) is 4. The third kappa shape index (κ3) is 5.45. The largest absolute Gasteiger partial charge is 0.489 e. The van der Waals surface area contributed by atoms with Gasteiger partial charge in [0.25, 0.3) is 0 Å². The van der Waals surface area contributed by atoms with E-state index in [1.807, 2.05) is 0 Å². The summed E-state index contributed by atoms with van der Waals surface area (Å²) in [6.07, 6.45) is -9.36. The van der Waals surface area contributed by atoms with E-state index in [2.05, 4.69) is 6.58 Å². The molecule has 0 aliphatic rings. The predicted octanol–water partition coefficient (Wildman–Crippen LogP) is 5.48. The number of alkyl halides is 6. The van der Waals surface area contributed by atoms with Crippen LogP contribution in [0.5, 0.6) is 11.5 Å². The van der Waals surface area contributed by atoms with Crippen molar-refractivity contribution in [3.63, 3.8) is 0 Å². The molecule has 156 valence electrons. The van der Waals surface area contributed by atoms with Crippen LogP contribution < -0.4 is 9.47 Å². The molecule has 10 heteroatoms. The zero-order valence-corrected chi connectivity index (χ0v) is 15.0. The van der Waals surface area contributed by atoms with E-state index in [1.54, 1.807) is 0 Å². The van der Waals surface area contributed by atoms with Gasteiger partial charge in [-0.25, -0.2) is 0 Å². The highest BCUT2D eigenvalue weighted by atomic mass is 19.4. The van der Waals surface area contributed by atoms with Crippen molar-refractivity contribution in [2.45, 2.75) is 18.5 Å². The van der Waals surface area contributed by atoms with Crippen molar-refractivity contribution in [1.82, 2.24) is 0 Å². The fourth-order valence-corrected chi connectivity index (χ4v) is 2.38. The number of ether oxygens (including phenoxy) is 2. The van der Waals surface area contributed by atoms with Gasteiger partial charge in [-0.3, -0.25) is 0 Å². The van der Waals surface area contributed by atoms with E-state index in [-0.39, 0.29) is 18.1 Å². The molecular formula is C20H12F6N2O2. The molecule has 0 aliphatic heterocycles. The fourth-order valence-electron chi connectivity index (χ4n) is 2.38. The SMILES string of the molecule is C=CC(COc1ccc(C#N)c(C(F)(F)F)c1)Oc1ccc(C#N)c(C(F)(F)F)c1. The molecule has 0 aliphatic carbocycles. The van der Waals surface area contributed by atoms with E-state index >= 15 is 0 Å². The molecule has 4 nitrogen and oxygen atoms in total. The lowest BCUT2D eigenvalue weighted by Gasteiger charge is -2.18. The monoisotopic (exact) mass is 426 g/mol. The quantitative estimate of drug-likeness (QED) is 0.453. The van der Waals surface area contributed by atoms with Gasteiger partial charge >= 0.3 is 12.4 Å². The molecule has 1 atom stereocenters. The summed E-state index contributed by atoms with van der Waals surface area (Å²) in [5.74, 6) is -0.446. The average molecular weight is 426 g/mol. The molecule has 0 N–H and O–H groups in total. The molecule has 2 aromatic carbocycles. The topological polar surface area (TPSA) is 66.0 Å². The van der Waals surface area contributed by atoms with E-state index in [1.165, 1.54) is 18.2 Å². The van der Waals surface area contributed by atoms with Crippen molar-refractivity contribution in [3.05, 3.63) is 71.3 Å². The molecule has 30 heavy (non-hydrogen) atoms. The van der Waals surface area contributed by atoms with Gasteiger partial charge in [-0.15, -0.1) is 0 Å². The highest BCUT2D eigenvalue weighted by Crippen LogP contribution is 2.35. The van der Waals surface area contributed by atoms with Gasteiger partial charge in [-0.05, 0) is 42.5 Å². The van der Waals surface area contributed by atoms with E-state index in [9.17, 15) is 26.3 Å². The van der Waals surface area contributed by atoms with Gasteiger partial charge in [0.05, 0.1) is 34.4 Å². The Balaban J connectivity index is 2.17. The van der Waals surface area contributed by atoms with Crippen molar-refractivity contribution in [2.24, 2.45) is 0 Å². The van der Waals surface area contributed by atoms with Crippen LogP contribution in [-0.2, 0) is 12.4 Å².